The molecule has 0 aromatic heterocycles. The molecular formula is C13H20O2. The number of unbranched alkanes of at least 4 members (excludes halogenated alkanes) is 2. The van der Waals surface area contributed by atoms with Gasteiger partial charge in [0.25, 0.3) is 0 Å². The summed E-state index contributed by atoms with van der Waals surface area (Å²) in [5, 5.41) is 9.32. The van der Waals surface area contributed by atoms with E-state index in [9.17, 15) is 5.11 Å². The van der Waals surface area contributed by atoms with Crippen LogP contribution in [-0.4, -0.2) is 11.7 Å². The zero-order valence-corrected chi connectivity index (χ0v) is 9.57. The summed E-state index contributed by atoms with van der Waals surface area (Å²) >= 11 is 0. The van der Waals surface area contributed by atoms with Gasteiger partial charge in [0.15, 0.2) is 0 Å². The van der Waals surface area contributed by atoms with Crippen molar-refractivity contribution in [2.75, 3.05) is 6.61 Å². The van der Waals surface area contributed by atoms with Gasteiger partial charge in [-0.05, 0) is 31.0 Å². The van der Waals surface area contributed by atoms with Crippen LogP contribution in [0.3, 0.4) is 0 Å². The molecule has 0 aliphatic carbocycles. The lowest BCUT2D eigenvalue weighted by Gasteiger charge is -2.08. The Balaban J connectivity index is 2.36. The first kappa shape index (κ1) is 12.1. The maximum atomic E-state index is 9.32. The molecule has 1 aromatic rings. The van der Waals surface area contributed by atoms with Crippen LogP contribution in [0.15, 0.2) is 24.3 Å². The first-order valence-corrected chi connectivity index (χ1v) is 5.65. The highest BCUT2D eigenvalue weighted by molar-refractivity contribution is 5.28. The van der Waals surface area contributed by atoms with Crippen molar-refractivity contribution in [1.29, 1.82) is 0 Å². The van der Waals surface area contributed by atoms with E-state index < -0.39 is 6.10 Å². The zero-order valence-electron chi connectivity index (χ0n) is 9.57. The average molecular weight is 208 g/mol. The summed E-state index contributed by atoms with van der Waals surface area (Å²) in [5.41, 5.74) is 0.927. The molecule has 0 unspecified atom stereocenters. The van der Waals surface area contributed by atoms with E-state index in [1.165, 1.54) is 12.8 Å². The maximum Gasteiger partial charge on any atom is 0.119 e. The van der Waals surface area contributed by atoms with Crippen LogP contribution in [0.1, 0.15) is 44.8 Å². The van der Waals surface area contributed by atoms with E-state index >= 15 is 0 Å². The fourth-order valence-corrected chi connectivity index (χ4v) is 1.38. The Bertz CT molecular complexity index is 264. The van der Waals surface area contributed by atoms with Crippen molar-refractivity contribution in [1.82, 2.24) is 0 Å². The van der Waals surface area contributed by atoms with E-state index in [1.807, 2.05) is 24.3 Å². The largest absolute Gasteiger partial charge is 0.494 e. The van der Waals surface area contributed by atoms with Crippen molar-refractivity contribution in [3.8, 4) is 5.75 Å². The molecule has 0 spiro atoms. The third kappa shape index (κ3) is 4.34. The Morgan fingerprint density at radius 1 is 1.20 bits per heavy atom. The van der Waals surface area contributed by atoms with E-state index in [1.54, 1.807) is 6.92 Å². The van der Waals surface area contributed by atoms with Gasteiger partial charge in [0.05, 0.1) is 12.7 Å². The molecule has 0 aliphatic heterocycles. The number of aliphatic hydroxyl groups is 1. The first-order valence-electron chi connectivity index (χ1n) is 5.65. The summed E-state index contributed by atoms with van der Waals surface area (Å²) < 4.78 is 5.56. The lowest BCUT2D eigenvalue weighted by molar-refractivity contribution is 0.199. The monoisotopic (exact) mass is 208 g/mol. The molecule has 1 atom stereocenters. The number of ether oxygens (including phenoxy) is 1. The third-order valence-corrected chi connectivity index (χ3v) is 2.38. The lowest BCUT2D eigenvalue weighted by Crippen LogP contribution is -1.97. The van der Waals surface area contributed by atoms with Crippen molar-refractivity contribution in [2.24, 2.45) is 0 Å². The van der Waals surface area contributed by atoms with E-state index in [4.69, 9.17) is 4.74 Å². The van der Waals surface area contributed by atoms with Gasteiger partial charge in [0, 0.05) is 0 Å². The van der Waals surface area contributed by atoms with E-state index in [0.717, 1.165) is 24.3 Å². The van der Waals surface area contributed by atoms with Crippen LogP contribution < -0.4 is 4.74 Å². The molecule has 2 heteroatoms. The van der Waals surface area contributed by atoms with Gasteiger partial charge in [0.2, 0.25) is 0 Å². The van der Waals surface area contributed by atoms with Gasteiger partial charge >= 0.3 is 0 Å². The molecule has 84 valence electrons. The second kappa shape index (κ2) is 6.46. The zero-order chi connectivity index (χ0) is 11.1. The van der Waals surface area contributed by atoms with Gasteiger partial charge in [-0.25, -0.2) is 0 Å². The van der Waals surface area contributed by atoms with Crippen LogP contribution in [0.25, 0.3) is 0 Å². The predicted molar refractivity (Wildman–Crippen MR) is 62.1 cm³/mol. The van der Waals surface area contributed by atoms with E-state index in [0.29, 0.717) is 0 Å². The minimum Gasteiger partial charge on any atom is -0.494 e. The van der Waals surface area contributed by atoms with Crippen molar-refractivity contribution < 1.29 is 9.84 Å². The van der Waals surface area contributed by atoms with Crippen LogP contribution in [0.5, 0.6) is 5.75 Å². The smallest absolute Gasteiger partial charge is 0.119 e. The normalized spacial score (nSPS) is 12.5. The van der Waals surface area contributed by atoms with Gasteiger partial charge in [0.1, 0.15) is 5.75 Å². The second-order valence-electron chi connectivity index (χ2n) is 3.80. The number of rotatable bonds is 6. The molecule has 0 radical (unpaired) electrons. The Morgan fingerprint density at radius 3 is 2.40 bits per heavy atom. The third-order valence-electron chi connectivity index (χ3n) is 2.38. The lowest BCUT2D eigenvalue weighted by atomic mass is 10.1. The molecule has 0 saturated carbocycles. The molecule has 2 nitrogen and oxygen atoms in total. The predicted octanol–water partition coefficient (Wildman–Crippen LogP) is 3.31. The van der Waals surface area contributed by atoms with Gasteiger partial charge in [-0.1, -0.05) is 31.9 Å². The van der Waals surface area contributed by atoms with Gasteiger partial charge in [-0.15, -0.1) is 0 Å². The number of hydrogen-bond donors (Lipinski definition) is 1. The summed E-state index contributed by atoms with van der Waals surface area (Å²) in [5.74, 6) is 0.885. The highest BCUT2D eigenvalue weighted by atomic mass is 16.5. The molecule has 15 heavy (non-hydrogen) atoms. The van der Waals surface area contributed by atoms with Gasteiger partial charge < -0.3 is 9.84 Å². The molecule has 0 fully saturated rings. The summed E-state index contributed by atoms with van der Waals surface area (Å²) in [7, 11) is 0. The summed E-state index contributed by atoms with van der Waals surface area (Å²) in [6.45, 7) is 4.72. The Hall–Kier alpha value is -1.02. The van der Waals surface area contributed by atoms with Crippen molar-refractivity contribution in [3.63, 3.8) is 0 Å². The number of benzene rings is 1. The molecule has 1 rings (SSSR count). The average Bonchev–Trinajstić information content (AvgIpc) is 2.25. The van der Waals surface area contributed by atoms with Crippen LogP contribution in [0, 0.1) is 0 Å². The molecule has 0 saturated heterocycles. The number of aliphatic hydroxyl groups excluding tert-OH is 1. The highest BCUT2D eigenvalue weighted by Crippen LogP contribution is 2.17. The quantitative estimate of drug-likeness (QED) is 0.727. The summed E-state index contributed by atoms with van der Waals surface area (Å²) in [6.07, 6.45) is 3.13. The first-order chi connectivity index (χ1) is 7.24. The minimum absolute atomic E-state index is 0.404. The fraction of sp³-hybridized carbons (Fsp3) is 0.538. The molecule has 0 heterocycles. The molecule has 0 aliphatic rings. The van der Waals surface area contributed by atoms with Crippen molar-refractivity contribution >= 4 is 0 Å². The minimum atomic E-state index is -0.404. The van der Waals surface area contributed by atoms with Crippen LogP contribution in [0.4, 0.5) is 0 Å². The topological polar surface area (TPSA) is 29.5 Å². The Kier molecular flexibility index (Phi) is 5.19. The molecular weight excluding hydrogens is 188 g/mol. The SMILES string of the molecule is CCCCCOc1ccc([C@@H](C)O)cc1. The van der Waals surface area contributed by atoms with Crippen molar-refractivity contribution in [2.45, 2.75) is 39.2 Å². The van der Waals surface area contributed by atoms with Gasteiger partial charge in [-0.3, -0.25) is 0 Å². The maximum absolute atomic E-state index is 9.32. The Labute approximate surface area is 91.9 Å². The molecule has 1 aromatic carbocycles. The second-order valence-corrected chi connectivity index (χ2v) is 3.80. The standard InChI is InChI=1S/C13H20O2/c1-3-4-5-10-15-13-8-6-12(7-9-13)11(2)14/h6-9,11,14H,3-5,10H2,1-2H3/t11-/m1/s1. The van der Waals surface area contributed by atoms with Gasteiger partial charge in [-0.2, -0.15) is 0 Å². The molecule has 0 bridgehead atoms. The highest BCUT2D eigenvalue weighted by Gasteiger charge is 2.00. The summed E-state index contributed by atoms with van der Waals surface area (Å²) in [6, 6.07) is 7.63. The van der Waals surface area contributed by atoms with Crippen LogP contribution in [0.2, 0.25) is 0 Å². The van der Waals surface area contributed by atoms with E-state index in [2.05, 4.69) is 6.92 Å². The Morgan fingerprint density at radius 2 is 1.87 bits per heavy atom. The molecule has 0 amide bonds. The van der Waals surface area contributed by atoms with Crippen LogP contribution in [-0.2, 0) is 0 Å². The van der Waals surface area contributed by atoms with Crippen LogP contribution >= 0.6 is 0 Å². The number of hydrogen-bond acceptors (Lipinski definition) is 2. The fourth-order valence-electron chi connectivity index (χ4n) is 1.38. The van der Waals surface area contributed by atoms with E-state index in [-0.39, 0.29) is 0 Å². The van der Waals surface area contributed by atoms with Crippen molar-refractivity contribution in [3.05, 3.63) is 29.8 Å². The summed E-state index contributed by atoms with van der Waals surface area (Å²) in [4.78, 5) is 0. The molecule has 1 N–H and O–H groups in total.